The second kappa shape index (κ2) is 8.07. The van der Waals surface area contributed by atoms with Gasteiger partial charge in [-0.15, -0.1) is 0 Å². The topological polar surface area (TPSA) is 91.9 Å². The van der Waals surface area contributed by atoms with E-state index in [2.05, 4.69) is 0 Å². The maximum absolute atomic E-state index is 14.3. The van der Waals surface area contributed by atoms with Gasteiger partial charge in [-0.1, -0.05) is 18.2 Å². The van der Waals surface area contributed by atoms with Crippen LogP contribution in [0.1, 0.15) is 36.0 Å². The van der Waals surface area contributed by atoms with Gasteiger partial charge < -0.3 is 19.8 Å². The average Bonchev–Trinajstić information content (AvgIpc) is 3.07. The number of hydrogen-bond acceptors (Lipinski definition) is 4. The average molecular weight is 446 g/mol. The molecule has 2 aromatic carbocycles. The third kappa shape index (κ3) is 3.67. The molecule has 0 spiro atoms. The predicted molar refractivity (Wildman–Crippen MR) is 112 cm³/mol. The van der Waals surface area contributed by atoms with E-state index in [-0.39, 0.29) is 28.3 Å². The van der Waals surface area contributed by atoms with Gasteiger partial charge in [0.2, 0.25) is 5.60 Å². The number of nitrogens with zero attached hydrogens (tertiary/aromatic N) is 1. The predicted octanol–water partition coefficient (Wildman–Crippen LogP) is 3.86. The van der Waals surface area contributed by atoms with Crippen LogP contribution in [0.25, 0.3) is 10.9 Å². The summed E-state index contributed by atoms with van der Waals surface area (Å²) in [6, 6.07) is 10.0. The van der Waals surface area contributed by atoms with Gasteiger partial charge in [-0.25, -0.2) is 5.32 Å². The highest BCUT2D eigenvalue weighted by atomic mass is 19.4. The molecule has 4 N–H and O–H groups in total. The van der Waals surface area contributed by atoms with E-state index in [1.807, 2.05) is 0 Å². The number of nitrogens with two attached hydrogens (primary N) is 1. The molecule has 1 aromatic heterocycles. The Kier molecular flexibility index (Phi) is 5.56. The molecule has 6 nitrogen and oxygen atoms in total. The summed E-state index contributed by atoms with van der Waals surface area (Å²) in [6.07, 6.45) is -1.09. The molecule has 1 atom stereocenters. The molecule has 0 saturated heterocycles. The van der Waals surface area contributed by atoms with Crippen molar-refractivity contribution >= 4 is 28.9 Å². The molecule has 168 valence electrons. The first-order valence-corrected chi connectivity index (χ1v) is 10.2. The van der Waals surface area contributed by atoms with Crippen LogP contribution in [-0.2, 0) is 17.4 Å². The van der Waals surface area contributed by atoms with Crippen LogP contribution in [-0.4, -0.2) is 34.3 Å². The van der Waals surface area contributed by atoms with Crippen molar-refractivity contribution in [3.05, 3.63) is 65.4 Å². The van der Waals surface area contributed by atoms with Gasteiger partial charge in [0, 0.05) is 42.0 Å². The standard InChI is InChI=1S/C23H22F3N3O3/c1-29-13-18(17-7-2-3-8-20(17)29)22(31,23(24,25)26)15-9-10-19(14(11-15)12-27)28-21(30)32-16-5-4-6-16/h2-3,7-13,16,27,31H,4-6H2,1H3,(H,28,30)/p+1. The monoisotopic (exact) mass is 446 g/mol. The number of amides is 1. The number of fused-ring (bicyclic) bond motifs is 1. The van der Waals surface area contributed by atoms with E-state index in [4.69, 9.17) is 10.1 Å². The van der Waals surface area contributed by atoms with Crippen molar-refractivity contribution in [2.45, 2.75) is 37.1 Å². The Morgan fingerprint density at radius 2 is 1.97 bits per heavy atom. The van der Waals surface area contributed by atoms with E-state index >= 15 is 0 Å². The SMILES string of the molecule is Cn1cc(C(O)(c2ccc([NH2+]C(=O)OC3CCC3)c(C=N)c2)C(F)(F)F)c2ccccc21. The Balaban J connectivity index is 1.77. The van der Waals surface area contributed by atoms with Gasteiger partial charge in [-0.05, 0) is 43.0 Å². The molecular formula is C23H23F3N3O3+. The Labute approximate surface area is 182 Å². The number of quaternary nitrogens is 1. The number of carbonyl (C=O) groups is 1. The van der Waals surface area contributed by atoms with Crippen molar-refractivity contribution in [1.82, 2.24) is 4.57 Å². The lowest BCUT2D eigenvalue weighted by Gasteiger charge is -2.31. The third-order valence-electron chi connectivity index (χ3n) is 5.97. The smallest absolute Gasteiger partial charge is 0.417 e. The van der Waals surface area contributed by atoms with Gasteiger partial charge in [0.15, 0.2) is 0 Å². The molecule has 1 heterocycles. The van der Waals surface area contributed by atoms with Gasteiger partial charge in [0.05, 0.1) is 5.56 Å². The van der Waals surface area contributed by atoms with E-state index in [9.17, 15) is 23.1 Å². The van der Waals surface area contributed by atoms with E-state index in [1.165, 1.54) is 22.9 Å². The van der Waals surface area contributed by atoms with Crippen LogP contribution in [0.15, 0.2) is 48.7 Å². The minimum Gasteiger partial charge on any atom is -0.417 e. The highest BCUT2D eigenvalue weighted by molar-refractivity contribution is 5.87. The lowest BCUT2D eigenvalue weighted by atomic mass is 9.84. The van der Waals surface area contributed by atoms with Crippen molar-refractivity contribution in [1.29, 1.82) is 5.41 Å². The molecule has 3 aromatic rings. The number of ether oxygens (including phenoxy) is 1. The molecule has 1 saturated carbocycles. The van der Waals surface area contributed by atoms with Crippen molar-refractivity contribution in [3.8, 4) is 0 Å². The van der Waals surface area contributed by atoms with Gasteiger partial charge in [-0.2, -0.15) is 18.0 Å². The first kappa shape index (κ1) is 22.0. The molecule has 1 amide bonds. The van der Waals surface area contributed by atoms with Crippen molar-refractivity contribution in [2.75, 3.05) is 0 Å². The quantitative estimate of drug-likeness (QED) is 0.411. The van der Waals surface area contributed by atoms with Gasteiger partial charge in [0.1, 0.15) is 11.8 Å². The summed E-state index contributed by atoms with van der Waals surface area (Å²) < 4.78 is 49.8. The van der Waals surface area contributed by atoms with E-state index < -0.39 is 23.4 Å². The molecule has 32 heavy (non-hydrogen) atoms. The van der Waals surface area contributed by atoms with Crippen LogP contribution >= 0.6 is 0 Å². The molecule has 1 unspecified atom stereocenters. The van der Waals surface area contributed by atoms with E-state index in [0.717, 1.165) is 42.9 Å². The highest BCUT2D eigenvalue weighted by Crippen LogP contribution is 2.47. The van der Waals surface area contributed by atoms with E-state index in [0.29, 0.717) is 5.52 Å². The van der Waals surface area contributed by atoms with Crippen molar-refractivity contribution < 1.29 is 33.1 Å². The molecule has 9 heteroatoms. The summed E-state index contributed by atoms with van der Waals surface area (Å²) in [7, 11) is 1.61. The second-order valence-corrected chi connectivity index (χ2v) is 8.00. The summed E-state index contributed by atoms with van der Waals surface area (Å²) >= 11 is 0. The number of benzene rings is 2. The maximum atomic E-state index is 14.3. The lowest BCUT2D eigenvalue weighted by molar-refractivity contribution is -0.485. The number of aliphatic hydroxyl groups is 1. The molecule has 1 aliphatic carbocycles. The molecular weight excluding hydrogens is 423 g/mol. The molecule has 0 aliphatic heterocycles. The molecule has 1 aliphatic rings. The van der Waals surface area contributed by atoms with Crippen LogP contribution in [0.3, 0.4) is 0 Å². The van der Waals surface area contributed by atoms with E-state index in [1.54, 1.807) is 25.2 Å². The number of nitrogens with one attached hydrogen (secondary N) is 1. The summed E-state index contributed by atoms with van der Waals surface area (Å²) in [6.45, 7) is 0. The van der Waals surface area contributed by atoms with Gasteiger partial charge in [0.25, 0.3) is 0 Å². The Hall–Kier alpha value is -3.17. The summed E-state index contributed by atoms with van der Waals surface area (Å²) in [5, 5.41) is 20.2. The molecule has 1 fully saturated rings. The number of para-hydroxylation sites is 1. The lowest BCUT2D eigenvalue weighted by Crippen LogP contribution is -2.83. The zero-order valence-electron chi connectivity index (χ0n) is 17.3. The first-order valence-electron chi connectivity index (χ1n) is 10.2. The minimum atomic E-state index is -5.04. The molecule has 0 radical (unpaired) electrons. The second-order valence-electron chi connectivity index (χ2n) is 8.00. The summed E-state index contributed by atoms with van der Waals surface area (Å²) in [5.74, 6) is 0. The Bertz CT molecular complexity index is 1180. The number of halogens is 3. The van der Waals surface area contributed by atoms with Gasteiger partial charge >= 0.3 is 12.3 Å². The van der Waals surface area contributed by atoms with Crippen LogP contribution in [0.5, 0.6) is 0 Å². The van der Waals surface area contributed by atoms with Crippen LogP contribution in [0.4, 0.5) is 23.7 Å². The fraction of sp³-hybridized carbons (Fsp3) is 0.304. The fourth-order valence-electron chi connectivity index (χ4n) is 3.97. The maximum Gasteiger partial charge on any atom is 0.518 e. The number of aromatic nitrogens is 1. The van der Waals surface area contributed by atoms with Crippen molar-refractivity contribution in [2.24, 2.45) is 7.05 Å². The number of hydrogen-bond donors (Lipinski definition) is 3. The Morgan fingerprint density at radius 1 is 1.25 bits per heavy atom. The Morgan fingerprint density at radius 3 is 2.59 bits per heavy atom. The molecule has 4 rings (SSSR count). The molecule has 0 bridgehead atoms. The number of primary amides is 1. The zero-order chi connectivity index (χ0) is 23.1. The highest BCUT2D eigenvalue weighted by Gasteiger charge is 2.57. The number of carbonyl (C=O) groups excluding carboxylic acids is 1. The first-order chi connectivity index (χ1) is 15.1. The fourth-order valence-corrected chi connectivity index (χ4v) is 3.97. The van der Waals surface area contributed by atoms with Crippen LogP contribution in [0.2, 0.25) is 0 Å². The largest absolute Gasteiger partial charge is 0.518 e. The minimum absolute atomic E-state index is 0.0657. The number of alkyl halides is 3. The third-order valence-corrected chi connectivity index (χ3v) is 5.97. The normalized spacial score (nSPS) is 16.4. The summed E-state index contributed by atoms with van der Waals surface area (Å²) in [5.41, 5.74) is -3.20. The number of rotatable bonds is 5. The van der Waals surface area contributed by atoms with Crippen molar-refractivity contribution in [3.63, 3.8) is 0 Å². The van der Waals surface area contributed by atoms with Crippen LogP contribution < -0.4 is 5.32 Å². The zero-order valence-corrected chi connectivity index (χ0v) is 17.3. The van der Waals surface area contributed by atoms with Gasteiger partial charge in [-0.3, -0.25) is 0 Å². The summed E-state index contributed by atoms with van der Waals surface area (Å²) in [4.78, 5) is 12.1. The number of aryl methyl sites for hydroxylation is 1. The van der Waals surface area contributed by atoms with Crippen LogP contribution in [0, 0.1) is 5.41 Å².